The number of hydrogen-bond acceptors (Lipinski definition) is 6. The molecule has 0 aliphatic rings. The minimum atomic E-state index is -0.134. The molecule has 0 saturated heterocycles. The average Bonchev–Trinajstić information content (AvgIpc) is 2.61. The van der Waals surface area contributed by atoms with E-state index >= 15 is 0 Å². The van der Waals surface area contributed by atoms with Gasteiger partial charge in [0.2, 0.25) is 0 Å². The Hall–Kier alpha value is -1.11. The summed E-state index contributed by atoms with van der Waals surface area (Å²) in [6.45, 7) is 0.556. The molecule has 0 bridgehead atoms. The molecule has 0 radical (unpaired) electrons. The van der Waals surface area contributed by atoms with E-state index in [0.29, 0.717) is 6.54 Å². The van der Waals surface area contributed by atoms with E-state index in [1.54, 1.807) is 12.4 Å². The fourth-order valence-corrected chi connectivity index (χ4v) is 2.02. The van der Waals surface area contributed by atoms with Gasteiger partial charge in [0, 0.05) is 12.4 Å². The fourth-order valence-electron chi connectivity index (χ4n) is 1.26. The number of nitrogens with two attached hydrogens (primary N) is 2. The highest BCUT2D eigenvalue weighted by Crippen LogP contribution is 2.23. The van der Waals surface area contributed by atoms with Gasteiger partial charge in [-0.3, -0.25) is 4.98 Å². The maximum Gasteiger partial charge on any atom is 0.162 e. The second-order valence-electron chi connectivity index (χ2n) is 2.96. The van der Waals surface area contributed by atoms with Gasteiger partial charge in [-0.25, -0.2) is 4.98 Å². The van der Waals surface area contributed by atoms with Crippen LogP contribution in [0.4, 0.5) is 0 Å². The van der Waals surface area contributed by atoms with Crippen molar-refractivity contribution in [3.8, 4) is 0 Å². The summed E-state index contributed by atoms with van der Waals surface area (Å²) < 4.78 is 4.25. The summed E-state index contributed by atoms with van der Waals surface area (Å²) in [4.78, 5) is 9.19. The van der Waals surface area contributed by atoms with E-state index in [-0.39, 0.29) is 6.04 Å². The molecule has 0 fully saturated rings. The van der Waals surface area contributed by atoms with E-state index in [1.807, 2.05) is 0 Å². The zero-order valence-electron chi connectivity index (χ0n) is 7.55. The van der Waals surface area contributed by atoms with Crippen LogP contribution < -0.4 is 11.5 Å². The zero-order valence-corrected chi connectivity index (χ0v) is 8.37. The minimum Gasteiger partial charge on any atom is -0.330 e. The molecular formula is C8H11N5S. The molecule has 5 nitrogen and oxygen atoms in total. The standard InChI is InChI=1S/C8H11N5S/c9-2-1-5(10)6-7-8(14-13-6)12-4-3-11-7/h3-5H,1-2,9-10H2. The van der Waals surface area contributed by atoms with Gasteiger partial charge in [-0.05, 0) is 24.5 Å². The molecule has 6 heteroatoms. The Morgan fingerprint density at radius 1 is 1.36 bits per heavy atom. The lowest BCUT2D eigenvalue weighted by Crippen LogP contribution is -2.15. The van der Waals surface area contributed by atoms with Crippen LogP contribution >= 0.6 is 11.5 Å². The van der Waals surface area contributed by atoms with Crippen molar-refractivity contribution in [2.45, 2.75) is 12.5 Å². The van der Waals surface area contributed by atoms with Crippen LogP contribution in [0.5, 0.6) is 0 Å². The van der Waals surface area contributed by atoms with Gasteiger partial charge in [0.05, 0.1) is 11.7 Å². The first-order chi connectivity index (χ1) is 6.83. The van der Waals surface area contributed by atoms with E-state index in [9.17, 15) is 0 Å². The molecule has 0 saturated carbocycles. The maximum atomic E-state index is 5.91. The molecule has 0 amide bonds. The second-order valence-corrected chi connectivity index (χ2v) is 3.71. The molecule has 4 N–H and O–H groups in total. The van der Waals surface area contributed by atoms with Gasteiger partial charge in [-0.2, -0.15) is 4.37 Å². The predicted octanol–water partition coefficient (Wildman–Crippen LogP) is 0.435. The monoisotopic (exact) mass is 209 g/mol. The summed E-state index contributed by atoms with van der Waals surface area (Å²) in [5.74, 6) is 0. The molecular weight excluding hydrogens is 198 g/mol. The van der Waals surface area contributed by atoms with Gasteiger partial charge >= 0.3 is 0 Å². The molecule has 0 aliphatic carbocycles. The first-order valence-corrected chi connectivity index (χ1v) is 5.12. The van der Waals surface area contributed by atoms with E-state index in [2.05, 4.69) is 14.3 Å². The molecule has 14 heavy (non-hydrogen) atoms. The topological polar surface area (TPSA) is 90.7 Å². The van der Waals surface area contributed by atoms with Gasteiger partial charge in [0.25, 0.3) is 0 Å². The Balaban J connectivity index is 2.42. The largest absolute Gasteiger partial charge is 0.330 e. The molecule has 1 unspecified atom stereocenters. The normalized spacial score (nSPS) is 13.3. The molecule has 74 valence electrons. The molecule has 1 atom stereocenters. The summed E-state index contributed by atoms with van der Waals surface area (Å²) in [6, 6.07) is -0.134. The smallest absolute Gasteiger partial charge is 0.162 e. The lowest BCUT2D eigenvalue weighted by atomic mass is 10.1. The number of nitrogens with zero attached hydrogens (tertiary/aromatic N) is 3. The van der Waals surface area contributed by atoms with Gasteiger partial charge < -0.3 is 11.5 Å². The van der Waals surface area contributed by atoms with Gasteiger partial charge in [0.1, 0.15) is 5.52 Å². The average molecular weight is 209 g/mol. The van der Waals surface area contributed by atoms with Gasteiger partial charge in [0.15, 0.2) is 4.83 Å². The highest BCUT2D eigenvalue weighted by molar-refractivity contribution is 7.12. The summed E-state index contributed by atoms with van der Waals surface area (Å²) >= 11 is 1.32. The predicted molar refractivity (Wildman–Crippen MR) is 55.8 cm³/mol. The van der Waals surface area contributed by atoms with Crippen molar-refractivity contribution in [3.05, 3.63) is 18.1 Å². The summed E-state index contributed by atoms with van der Waals surface area (Å²) in [7, 11) is 0. The number of fused-ring (bicyclic) bond motifs is 1. The zero-order chi connectivity index (χ0) is 9.97. The van der Waals surface area contributed by atoms with Crippen molar-refractivity contribution in [2.75, 3.05) is 6.54 Å². The van der Waals surface area contributed by atoms with Crippen molar-refractivity contribution in [2.24, 2.45) is 11.5 Å². The summed E-state index contributed by atoms with van der Waals surface area (Å²) in [6.07, 6.45) is 4.02. The Kier molecular flexibility index (Phi) is 2.67. The van der Waals surface area contributed by atoms with Crippen molar-refractivity contribution < 1.29 is 0 Å². The third-order valence-electron chi connectivity index (χ3n) is 1.97. The molecule has 0 aromatic carbocycles. The third-order valence-corrected chi connectivity index (χ3v) is 2.73. The lowest BCUT2D eigenvalue weighted by molar-refractivity contribution is 0.652. The molecule has 2 aromatic heterocycles. The van der Waals surface area contributed by atoms with Crippen molar-refractivity contribution in [3.63, 3.8) is 0 Å². The Bertz CT molecular complexity index is 426. The quantitative estimate of drug-likeness (QED) is 0.765. The lowest BCUT2D eigenvalue weighted by Gasteiger charge is -2.05. The van der Waals surface area contributed by atoms with E-state index in [0.717, 1.165) is 22.5 Å². The van der Waals surface area contributed by atoms with Crippen LogP contribution in [0.3, 0.4) is 0 Å². The Morgan fingerprint density at radius 3 is 2.93 bits per heavy atom. The highest BCUT2D eigenvalue weighted by atomic mass is 32.1. The molecule has 2 aromatic rings. The Morgan fingerprint density at radius 2 is 2.14 bits per heavy atom. The van der Waals surface area contributed by atoms with Crippen molar-refractivity contribution >= 4 is 21.9 Å². The fraction of sp³-hybridized carbons (Fsp3) is 0.375. The van der Waals surface area contributed by atoms with Crippen LogP contribution in [0.25, 0.3) is 10.3 Å². The van der Waals surface area contributed by atoms with Crippen molar-refractivity contribution in [1.29, 1.82) is 0 Å². The molecule has 2 rings (SSSR count). The third kappa shape index (κ3) is 1.59. The van der Waals surface area contributed by atoms with Gasteiger partial charge in [-0.15, -0.1) is 0 Å². The minimum absolute atomic E-state index is 0.134. The molecule has 2 heterocycles. The maximum absolute atomic E-state index is 5.91. The SMILES string of the molecule is NCCC(N)c1nsc2nccnc12. The van der Waals surface area contributed by atoms with E-state index in [4.69, 9.17) is 11.5 Å². The van der Waals surface area contributed by atoms with Crippen LogP contribution in [0, 0.1) is 0 Å². The van der Waals surface area contributed by atoms with Crippen LogP contribution in [0.1, 0.15) is 18.2 Å². The number of hydrogen-bond donors (Lipinski definition) is 2. The number of aromatic nitrogens is 3. The first kappa shape index (κ1) is 9.45. The van der Waals surface area contributed by atoms with Crippen LogP contribution in [0.15, 0.2) is 12.4 Å². The highest BCUT2D eigenvalue weighted by Gasteiger charge is 2.14. The van der Waals surface area contributed by atoms with E-state index in [1.165, 1.54) is 11.5 Å². The summed E-state index contributed by atoms with van der Waals surface area (Å²) in [5, 5.41) is 0. The summed E-state index contributed by atoms with van der Waals surface area (Å²) in [5.41, 5.74) is 13.0. The second kappa shape index (κ2) is 3.95. The van der Waals surface area contributed by atoms with E-state index < -0.39 is 0 Å². The van der Waals surface area contributed by atoms with Crippen molar-refractivity contribution in [1.82, 2.24) is 14.3 Å². The van der Waals surface area contributed by atoms with Gasteiger partial charge in [-0.1, -0.05) is 0 Å². The Labute approximate surface area is 85.3 Å². The molecule has 0 spiro atoms. The molecule has 0 aliphatic heterocycles. The van der Waals surface area contributed by atoms with Crippen LogP contribution in [-0.2, 0) is 0 Å². The number of rotatable bonds is 3. The van der Waals surface area contributed by atoms with Crippen LogP contribution in [-0.4, -0.2) is 20.9 Å². The first-order valence-electron chi connectivity index (χ1n) is 4.35. The van der Waals surface area contributed by atoms with Crippen LogP contribution in [0.2, 0.25) is 0 Å².